The molecular formula is C23H27BN3O. The maximum atomic E-state index is 10.2. The van der Waals surface area contributed by atoms with Crippen LogP contribution in [0.3, 0.4) is 0 Å². The first-order valence-electron chi connectivity index (χ1n) is 8.84. The molecular weight excluding hydrogens is 345 g/mol. The lowest BCUT2D eigenvalue weighted by Gasteiger charge is -2.19. The van der Waals surface area contributed by atoms with Gasteiger partial charge in [-0.2, -0.15) is 0 Å². The molecule has 0 saturated carbocycles. The van der Waals surface area contributed by atoms with Crippen molar-refractivity contribution in [1.82, 2.24) is 9.62 Å². The molecule has 0 spiro atoms. The smallest absolute Gasteiger partial charge is 0.402 e. The average Bonchev–Trinajstić information content (AvgIpc) is 3.06. The van der Waals surface area contributed by atoms with E-state index >= 15 is 0 Å². The van der Waals surface area contributed by atoms with Gasteiger partial charge in [0.05, 0.1) is 5.70 Å². The number of hydrogen-bond donors (Lipinski definition) is 1. The molecule has 1 N–H and O–H groups in total. The van der Waals surface area contributed by atoms with Crippen molar-refractivity contribution >= 4 is 13.8 Å². The molecule has 4 nitrogen and oxygen atoms in total. The van der Waals surface area contributed by atoms with E-state index in [1.54, 1.807) is 55.7 Å². The molecule has 0 aromatic rings. The maximum absolute atomic E-state index is 10.2. The van der Waals surface area contributed by atoms with E-state index in [0.29, 0.717) is 5.82 Å². The summed E-state index contributed by atoms with van der Waals surface area (Å²) >= 11 is 0. The highest BCUT2D eigenvalue weighted by Crippen LogP contribution is 2.34. The van der Waals surface area contributed by atoms with Gasteiger partial charge in [0.15, 0.2) is 0 Å². The summed E-state index contributed by atoms with van der Waals surface area (Å²) in [6.45, 7) is 18.7. The Kier molecular flexibility index (Phi) is 9.69. The van der Waals surface area contributed by atoms with Crippen LogP contribution in [0.25, 0.3) is 0 Å². The van der Waals surface area contributed by atoms with E-state index in [1.807, 2.05) is 48.4 Å². The van der Waals surface area contributed by atoms with Crippen LogP contribution in [0, 0.1) is 0 Å². The summed E-state index contributed by atoms with van der Waals surface area (Å²) in [5.74, 6) is 0.772. The van der Waals surface area contributed by atoms with E-state index < -0.39 is 0 Å². The Hall–Kier alpha value is -3.47. The van der Waals surface area contributed by atoms with E-state index in [1.165, 1.54) is 0 Å². The Bertz CT molecular complexity index is 823. The second-order valence-corrected chi connectivity index (χ2v) is 5.47. The Balaban J connectivity index is 3.64. The molecule has 1 radical (unpaired) electrons. The van der Waals surface area contributed by atoms with Crippen molar-refractivity contribution in [2.75, 3.05) is 0 Å². The van der Waals surface area contributed by atoms with E-state index in [0.717, 1.165) is 17.1 Å². The Morgan fingerprint density at radius 1 is 0.964 bits per heavy atom. The van der Waals surface area contributed by atoms with Crippen molar-refractivity contribution in [1.29, 1.82) is 0 Å². The second-order valence-electron chi connectivity index (χ2n) is 5.47. The minimum Gasteiger partial charge on any atom is -0.508 e. The molecule has 1 aliphatic heterocycles. The largest absolute Gasteiger partial charge is 0.508 e. The van der Waals surface area contributed by atoms with Gasteiger partial charge >= 0.3 is 7.55 Å². The van der Waals surface area contributed by atoms with Gasteiger partial charge in [-0.1, -0.05) is 62.8 Å². The number of aliphatic hydroxyl groups is 1. The molecule has 1 rings (SSSR count). The zero-order chi connectivity index (χ0) is 20.9. The van der Waals surface area contributed by atoms with Gasteiger partial charge in [0.1, 0.15) is 11.6 Å². The fourth-order valence-electron chi connectivity index (χ4n) is 2.45. The normalized spacial score (nSPS) is 19.0. The quantitative estimate of drug-likeness (QED) is 0.252. The summed E-state index contributed by atoms with van der Waals surface area (Å²) in [4.78, 5) is 8.29. The van der Waals surface area contributed by atoms with Crippen LogP contribution in [0.1, 0.15) is 13.8 Å². The standard InChI is InChI=1S/C23H27BN3O/c1-7-13-16-19(14-8-2)26-21(12-6)22(18-20(28)11-5)27(24-26)23(15-9-3)25-17-10-4/h7-18,28H,1-4H2,5-6H3/b16-13-,19-14+,20-11+,21-12+,22-18+,23-15+,25-17?. The topological polar surface area (TPSA) is 39.1 Å². The molecule has 1 fully saturated rings. The van der Waals surface area contributed by atoms with Crippen LogP contribution < -0.4 is 0 Å². The highest BCUT2D eigenvalue weighted by molar-refractivity contribution is 6.34. The van der Waals surface area contributed by atoms with Gasteiger partial charge in [0, 0.05) is 23.7 Å². The Morgan fingerprint density at radius 3 is 2.21 bits per heavy atom. The predicted octanol–water partition coefficient (Wildman–Crippen LogP) is 5.48. The van der Waals surface area contributed by atoms with Crippen LogP contribution in [-0.4, -0.2) is 28.5 Å². The summed E-state index contributed by atoms with van der Waals surface area (Å²) in [7, 11) is 1.89. The third kappa shape index (κ3) is 5.78. The number of allylic oxidation sites excluding steroid dienone is 11. The summed E-state index contributed by atoms with van der Waals surface area (Å²) in [5.41, 5.74) is 2.51. The number of aliphatic imine (C=N–C) groups is 1. The molecule has 0 amide bonds. The van der Waals surface area contributed by atoms with Crippen LogP contribution in [0.2, 0.25) is 0 Å². The van der Waals surface area contributed by atoms with Crippen molar-refractivity contribution < 1.29 is 5.11 Å². The first-order chi connectivity index (χ1) is 13.6. The maximum Gasteiger partial charge on any atom is 0.402 e. The summed E-state index contributed by atoms with van der Waals surface area (Å²) in [5, 5.41) is 10.2. The van der Waals surface area contributed by atoms with Crippen LogP contribution >= 0.6 is 0 Å². The summed E-state index contributed by atoms with van der Waals surface area (Å²) < 4.78 is 0. The van der Waals surface area contributed by atoms with Gasteiger partial charge in [-0.15, -0.1) is 0 Å². The monoisotopic (exact) mass is 372 g/mol. The number of aliphatic hydroxyl groups excluding tert-OH is 1. The zero-order valence-corrected chi connectivity index (χ0v) is 16.6. The van der Waals surface area contributed by atoms with Crippen LogP contribution in [0.5, 0.6) is 0 Å². The minimum absolute atomic E-state index is 0.149. The fraction of sp³-hybridized carbons (Fsp3) is 0.0870. The van der Waals surface area contributed by atoms with Crippen molar-refractivity contribution in [3.8, 4) is 0 Å². The van der Waals surface area contributed by atoms with Crippen molar-refractivity contribution in [2.24, 2.45) is 4.99 Å². The molecule has 0 atom stereocenters. The third-order valence-corrected chi connectivity index (χ3v) is 3.66. The van der Waals surface area contributed by atoms with Gasteiger partial charge in [-0.05, 0) is 38.2 Å². The predicted molar refractivity (Wildman–Crippen MR) is 122 cm³/mol. The van der Waals surface area contributed by atoms with Crippen molar-refractivity contribution in [3.05, 3.63) is 122 Å². The molecule has 1 heterocycles. The fourth-order valence-corrected chi connectivity index (χ4v) is 2.45. The highest BCUT2D eigenvalue weighted by Gasteiger charge is 2.34. The lowest BCUT2D eigenvalue weighted by molar-refractivity contribution is 0.429. The van der Waals surface area contributed by atoms with Crippen LogP contribution in [-0.2, 0) is 0 Å². The van der Waals surface area contributed by atoms with E-state index in [2.05, 4.69) is 31.3 Å². The van der Waals surface area contributed by atoms with Gasteiger partial charge in [-0.3, -0.25) is 0 Å². The molecule has 0 aromatic heterocycles. The second kappa shape index (κ2) is 12.0. The van der Waals surface area contributed by atoms with Crippen molar-refractivity contribution in [2.45, 2.75) is 13.8 Å². The molecule has 143 valence electrons. The molecule has 0 aromatic carbocycles. The molecule has 5 heteroatoms. The highest BCUT2D eigenvalue weighted by atomic mass is 16.3. The lowest BCUT2D eigenvalue weighted by Crippen LogP contribution is -2.27. The number of nitrogens with zero attached hydrogens (tertiary/aromatic N) is 3. The van der Waals surface area contributed by atoms with E-state index in [9.17, 15) is 5.11 Å². The van der Waals surface area contributed by atoms with Gasteiger partial charge in [0.25, 0.3) is 0 Å². The first kappa shape index (κ1) is 22.6. The molecule has 28 heavy (non-hydrogen) atoms. The lowest BCUT2D eigenvalue weighted by atomic mass is 10.1. The molecule has 0 unspecified atom stereocenters. The van der Waals surface area contributed by atoms with Crippen LogP contribution in [0.15, 0.2) is 127 Å². The zero-order valence-electron chi connectivity index (χ0n) is 16.6. The van der Waals surface area contributed by atoms with Gasteiger partial charge < -0.3 is 14.7 Å². The first-order valence-corrected chi connectivity index (χ1v) is 8.84. The average molecular weight is 372 g/mol. The van der Waals surface area contributed by atoms with Crippen LogP contribution in [0.4, 0.5) is 0 Å². The Labute approximate surface area is 169 Å². The molecule has 0 bridgehead atoms. The SMILES string of the molecule is C=CC=N/C(=C\C=C)N1[B]N(C(/C=C\C=C)=C/C=C)C(=C/C)/C1=C\C(O)=C/C. The third-order valence-electron chi connectivity index (χ3n) is 3.66. The summed E-state index contributed by atoms with van der Waals surface area (Å²) in [6, 6.07) is 0. The Morgan fingerprint density at radius 2 is 1.68 bits per heavy atom. The minimum atomic E-state index is 0.149. The molecule has 0 aliphatic carbocycles. The van der Waals surface area contributed by atoms with E-state index in [4.69, 9.17) is 0 Å². The number of hydrogen-bond acceptors (Lipinski definition) is 4. The van der Waals surface area contributed by atoms with Gasteiger partial charge in [0.2, 0.25) is 0 Å². The summed E-state index contributed by atoms with van der Waals surface area (Å²) in [6.07, 6.45) is 21.0. The molecule has 1 saturated heterocycles. The van der Waals surface area contributed by atoms with E-state index in [-0.39, 0.29) is 5.76 Å². The number of rotatable bonds is 9. The van der Waals surface area contributed by atoms with Gasteiger partial charge in [-0.25, -0.2) is 4.99 Å². The van der Waals surface area contributed by atoms with Crippen molar-refractivity contribution in [3.63, 3.8) is 0 Å². The molecule has 1 aliphatic rings.